The summed E-state index contributed by atoms with van der Waals surface area (Å²) in [5.74, 6) is -0.166. The molecule has 1 aromatic carbocycles. The quantitative estimate of drug-likeness (QED) is 0.595. The van der Waals surface area contributed by atoms with Crippen molar-refractivity contribution in [3.05, 3.63) is 28.2 Å². The van der Waals surface area contributed by atoms with Gasteiger partial charge in [-0.3, -0.25) is 14.5 Å². The topological polar surface area (TPSA) is 61.4 Å². The first-order chi connectivity index (χ1) is 11.4. The molecule has 0 atom stereocenters. The molecule has 6 heteroatoms. The highest BCUT2D eigenvalue weighted by Crippen LogP contribution is 2.19. The maximum Gasteiger partial charge on any atom is 0.238 e. The van der Waals surface area contributed by atoms with E-state index in [9.17, 15) is 9.59 Å². The van der Waals surface area contributed by atoms with E-state index in [1.54, 1.807) is 11.9 Å². The molecule has 1 aromatic rings. The van der Waals surface area contributed by atoms with Crippen molar-refractivity contribution in [2.24, 2.45) is 0 Å². The monoisotopic (exact) mass is 397 g/mol. The fraction of sp³-hybridized carbons (Fsp3) is 0.556. The number of hydrogen-bond acceptors (Lipinski definition) is 3. The highest BCUT2D eigenvalue weighted by Gasteiger charge is 2.11. The molecule has 0 fully saturated rings. The second kappa shape index (κ2) is 11.2. The predicted molar refractivity (Wildman–Crippen MR) is 102 cm³/mol. The van der Waals surface area contributed by atoms with E-state index in [0.717, 1.165) is 28.6 Å². The first-order valence-electron chi connectivity index (χ1n) is 8.43. The summed E-state index contributed by atoms with van der Waals surface area (Å²) in [6.45, 7) is 5.21. The Morgan fingerprint density at radius 1 is 1.12 bits per heavy atom. The van der Waals surface area contributed by atoms with E-state index in [0.29, 0.717) is 6.54 Å². The summed E-state index contributed by atoms with van der Waals surface area (Å²) in [6, 6.07) is 5.70. The summed E-state index contributed by atoms with van der Waals surface area (Å²) in [6.07, 6.45) is 4.53. The van der Waals surface area contributed by atoms with Gasteiger partial charge in [0.25, 0.3) is 0 Å². The van der Waals surface area contributed by atoms with Crippen molar-refractivity contribution in [1.29, 1.82) is 0 Å². The van der Waals surface area contributed by atoms with Gasteiger partial charge < -0.3 is 10.6 Å². The summed E-state index contributed by atoms with van der Waals surface area (Å²) in [4.78, 5) is 25.6. The van der Waals surface area contributed by atoms with Crippen molar-refractivity contribution in [2.45, 2.75) is 39.5 Å². The molecule has 0 saturated heterocycles. The van der Waals surface area contributed by atoms with E-state index in [1.807, 2.05) is 25.1 Å². The summed E-state index contributed by atoms with van der Waals surface area (Å²) >= 11 is 3.40. The van der Waals surface area contributed by atoms with Gasteiger partial charge in [-0.05, 0) is 44.2 Å². The summed E-state index contributed by atoms with van der Waals surface area (Å²) in [5, 5.41) is 5.77. The third kappa shape index (κ3) is 8.45. The van der Waals surface area contributed by atoms with E-state index in [4.69, 9.17) is 0 Å². The van der Waals surface area contributed by atoms with Gasteiger partial charge in [-0.25, -0.2) is 0 Å². The Bertz CT molecular complexity index is 549. The number of unbranched alkanes of at least 4 members (excludes halogenated alkanes) is 3. The lowest BCUT2D eigenvalue weighted by molar-refractivity contribution is -0.122. The van der Waals surface area contributed by atoms with Crippen molar-refractivity contribution in [3.8, 4) is 0 Å². The normalized spacial score (nSPS) is 10.7. The Morgan fingerprint density at radius 2 is 1.83 bits per heavy atom. The van der Waals surface area contributed by atoms with E-state index < -0.39 is 0 Å². The fourth-order valence-corrected chi connectivity index (χ4v) is 2.81. The first-order valence-corrected chi connectivity index (χ1v) is 9.23. The van der Waals surface area contributed by atoms with Crippen LogP contribution in [-0.4, -0.2) is 43.4 Å². The van der Waals surface area contributed by atoms with E-state index in [2.05, 4.69) is 33.5 Å². The molecule has 2 N–H and O–H groups in total. The molecule has 0 aliphatic heterocycles. The van der Waals surface area contributed by atoms with Crippen LogP contribution in [0.5, 0.6) is 0 Å². The number of nitrogens with one attached hydrogen (secondary N) is 2. The van der Waals surface area contributed by atoms with Crippen LogP contribution in [0.3, 0.4) is 0 Å². The Morgan fingerprint density at radius 3 is 2.50 bits per heavy atom. The van der Waals surface area contributed by atoms with Crippen LogP contribution >= 0.6 is 15.9 Å². The number of amides is 2. The fourth-order valence-electron chi connectivity index (χ4n) is 2.34. The molecule has 0 saturated carbocycles. The van der Waals surface area contributed by atoms with Gasteiger partial charge in [0.1, 0.15) is 0 Å². The first kappa shape index (κ1) is 20.6. The van der Waals surface area contributed by atoms with Crippen LogP contribution in [0.2, 0.25) is 0 Å². The second-order valence-corrected chi connectivity index (χ2v) is 7.01. The molecule has 0 aromatic heterocycles. The van der Waals surface area contributed by atoms with Crippen LogP contribution in [0.1, 0.15) is 38.2 Å². The van der Waals surface area contributed by atoms with Gasteiger partial charge in [-0.2, -0.15) is 0 Å². The SMILES string of the molecule is CCCCCCNC(=O)CN(C)CC(=O)Nc1ccc(Br)cc1C. The number of aryl methyl sites for hydroxylation is 1. The standard InChI is InChI=1S/C18H28BrN3O2/c1-4-5-6-7-10-20-17(23)12-22(3)13-18(24)21-16-9-8-15(19)11-14(16)2/h8-9,11H,4-7,10,12-13H2,1-3H3,(H,20,23)(H,21,24). The zero-order valence-corrected chi connectivity index (χ0v) is 16.4. The number of likely N-dealkylation sites (N-methyl/N-ethyl adjacent to an activating group) is 1. The Labute approximate surface area is 153 Å². The lowest BCUT2D eigenvalue weighted by Crippen LogP contribution is -2.39. The molecular formula is C18H28BrN3O2. The smallest absolute Gasteiger partial charge is 0.238 e. The summed E-state index contributed by atoms with van der Waals surface area (Å²) < 4.78 is 0.978. The highest BCUT2D eigenvalue weighted by atomic mass is 79.9. The van der Waals surface area contributed by atoms with Gasteiger partial charge in [0.2, 0.25) is 11.8 Å². The number of anilines is 1. The van der Waals surface area contributed by atoms with Gasteiger partial charge in [0.05, 0.1) is 13.1 Å². The molecule has 2 amide bonds. The maximum atomic E-state index is 12.1. The number of benzene rings is 1. The maximum absolute atomic E-state index is 12.1. The Balaban J connectivity index is 2.29. The number of halogens is 1. The minimum absolute atomic E-state index is 0.0402. The number of rotatable bonds is 10. The summed E-state index contributed by atoms with van der Waals surface area (Å²) in [5.41, 5.74) is 1.78. The lowest BCUT2D eigenvalue weighted by atomic mass is 10.2. The third-order valence-corrected chi connectivity index (χ3v) is 4.14. The van der Waals surface area contributed by atoms with Crippen LogP contribution in [0, 0.1) is 6.92 Å². The average Bonchev–Trinajstić information content (AvgIpc) is 2.49. The molecule has 134 valence electrons. The van der Waals surface area contributed by atoms with Gasteiger partial charge in [-0.1, -0.05) is 42.1 Å². The zero-order chi connectivity index (χ0) is 17.9. The highest BCUT2D eigenvalue weighted by molar-refractivity contribution is 9.10. The van der Waals surface area contributed by atoms with Crippen LogP contribution in [-0.2, 0) is 9.59 Å². The van der Waals surface area contributed by atoms with Gasteiger partial charge >= 0.3 is 0 Å². The number of carbonyl (C=O) groups is 2. The average molecular weight is 398 g/mol. The molecule has 1 rings (SSSR count). The number of nitrogens with zero attached hydrogens (tertiary/aromatic N) is 1. The Hall–Kier alpha value is -1.40. The zero-order valence-electron chi connectivity index (χ0n) is 14.8. The van der Waals surface area contributed by atoms with E-state index in [1.165, 1.54) is 12.8 Å². The van der Waals surface area contributed by atoms with Gasteiger partial charge in [-0.15, -0.1) is 0 Å². The minimum atomic E-state index is -0.126. The number of carbonyl (C=O) groups excluding carboxylic acids is 2. The molecule has 0 heterocycles. The number of hydrogen-bond donors (Lipinski definition) is 2. The van der Waals surface area contributed by atoms with E-state index in [-0.39, 0.29) is 24.9 Å². The van der Waals surface area contributed by atoms with Crippen LogP contribution in [0.4, 0.5) is 5.69 Å². The molecule has 0 aliphatic carbocycles. The molecular weight excluding hydrogens is 370 g/mol. The van der Waals surface area contributed by atoms with Gasteiger partial charge in [0.15, 0.2) is 0 Å². The van der Waals surface area contributed by atoms with Crippen LogP contribution in [0.25, 0.3) is 0 Å². The molecule has 0 unspecified atom stereocenters. The van der Waals surface area contributed by atoms with Crippen molar-refractivity contribution in [2.75, 3.05) is 32.0 Å². The lowest BCUT2D eigenvalue weighted by Gasteiger charge is -2.16. The third-order valence-electron chi connectivity index (χ3n) is 3.64. The summed E-state index contributed by atoms with van der Waals surface area (Å²) in [7, 11) is 1.77. The molecule has 24 heavy (non-hydrogen) atoms. The molecule has 0 radical (unpaired) electrons. The molecule has 0 bridgehead atoms. The van der Waals surface area contributed by atoms with E-state index >= 15 is 0 Å². The van der Waals surface area contributed by atoms with Crippen molar-refractivity contribution >= 4 is 33.4 Å². The van der Waals surface area contributed by atoms with Crippen molar-refractivity contribution < 1.29 is 9.59 Å². The predicted octanol–water partition coefficient (Wildman–Crippen LogP) is 3.32. The largest absolute Gasteiger partial charge is 0.355 e. The van der Waals surface area contributed by atoms with Crippen molar-refractivity contribution in [1.82, 2.24) is 10.2 Å². The minimum Gasteiger partial charge on any atom is -0.355 e. The van der Waals surface area contributed by atoms with Crippen molar-refractivity contribution in [3.63, 3.8) is 0 Å². The van der Waals surface area contributed by atoms with Crippen LogP contribution in [0.15, 0.2) is 22.7 Å². The second-order valence-electron chi connectivity index (χ2n) is 6.09. The molecule has 0 aliphatic rings. The molecule has 0 spiro atoms. The Kier molecular flexibility index (Phi) is 9.64. The molecule has 5 nitrogen and oxygen atoms in total. The van der Waals surface area contributed by atoms with Crippen LogP contribution < -0.4 is 10.6 Å². The van der Waals surface area contributed by atoms with Gasteiger partial charge in [0, 0.05) is 16.7 Å².